The molecule has 1 N–H and O–H groups in total. The van der Waals surface area contributed by atoms with Crippen LogP contribution in [0.3, 0.4) is 0 Å². The maximum atomic E-state index is 13.0. The van der Waals surface area contributed by atoms with E-state index in [1.165, 1.54) is 13.0 Å². The van der Waals surface area contributed by atoms with E-state index >= 15 is 0 Å². The molecule has 2 heterocycles. The van der Waals surface area contributed by atoms with Gasteiger partial charge in [0.2, 0.25) is 0 Å². The maximum absolute atomic E-state index is 13.0. The smallest absolute Gasteiger partial charge is 0.339 e. The van der Waals surface area contributed by atoms with Crippen molar-refractivity contribution in [2.75, 3.05) is 5.32 Å². The zero-order valence-corrected chi connectivity index (χ0v) is 18.6. The Morgan fingerprint density at radius 1 is 1.09 bits per heavy atom. The minimum absolute atomic E-state index is 0.202. The number of nitrogens with one attached hydrogen (secondary N) is 1. The van der Waals surface area contributed by atoms with E-state index in [4.69, 9.17) is 32.5 Å². The van der Waals surface area contributed by atoms with E-state index in [1.54, 1.807) is 25.1 Å². The number of aryl methyl sites for hydroxylation is 1. The minimum Gasteiger partial charge on any atom is -0.449 e. The second-order valence-corrected chi connectivity index (χ2v) is 7.87. The van der Waals surface area contributed by atoms with Crippen molar-refractivity contribution < 1.29 is 18.8 Å². The zero-order chi connectivity index (χ0) is 22.8. The SMILES string of the molecule is Cc1noc2nc(-c3ccccc3)cc(C(=O)OC(C)C(=O)Nc3cc(Cl)ccc3Cl)c12. The third kappa shape index (κ3) is 4.44. The molecule has 1 amide bonds. The largest absolute Gasteiger partial charge is 0.449 e. The van der Waals surface area contributed by atoms with E-state index in [2.05, 4.69) is 15.5 Å². The van der Waals surface area contributed by atoms with Crippen molar-refractivity contribution in [3.63, 3.8) is 0 Å². The van der Waals surface area contributed by atoms with Gasteiger partial charge in [0.1, 0.15) is 0 Å². The lowest BCUT2D eigenvalue weighted by atomic mass is 10.1. The summed E-state index contributed by atoms with van der Waals surface area (Å²) in [6.45, 7) is 3.16. The molecule has 162 valence electrons. The summed E-state index contributed by atoms with van der Waals surface area (Å²) >= 11 is 12.0. The summed E-state index contributed by atoms with van der Waals surface area (Å²) in [7, 11) is 0. The average molecular weight is 470 g/mol. The van der Waals surface area contributed by atoms with Crippen LogP contribution in [0, 0.1) is 6.92 Å². The first-order valence-corrected chi connectivity index (χ1v) is 10.4. The highest BCUT2D eigenvalue weighted by Crippen LogP contribution is 2.28. The zero-order valence-electron chi connectivity index (χ0n) is 17.1. The van der Waals surface area contributed by atoms with Crippen molar-refractivity contribution in [3.05, 3.63) is 75.9 Å². The Morgan fingerprint density at radius 3 is 2.59 bits per heavy atom. The highest BCUT2D eigenvalue weighted by Gasteiger charge is 2.25. The van der Waals surface area contributed by atoms with Crippen LogP contribution >= 0.6 is 23.2 Å². The van der Waals surface area contributed by atoms with E-state index in [1.807, 2.05) is 30.3 Å². The molecule has 7 nitrogen and oxygen atoms in total. The number of aromatic nitrogens is 2. The summed E-state index contributed by atoms with van der Waals surface area (Å²) in [5.41, 5.74) is 2.52. The van der Waals surface area contributed by atoms with E-state index in [0.717, 1.165) is 5.56 Å². The average Bonchev–Trinajstić information content (AvgIpc) is 3.16. The first-order chi connectivity index (χ1) is 15.3. The predicted molar refractivity (Wildman–Crippen MR) is 122 cm³/mol. The fourth-order valence-electron chi connectivity index (χ4n) is 3.12. The summed E-state index contributed by atoms with van der Waals surface area (Å²) in [5, 5.41) is 7.67. The Bertz CT molecular complexity index is 1320. The Balaban J connectivity index is 1.61. The number of hydrogen-bond donors (Lipinski definition) is 1. The molecule has 0 aliphatic rings. The number of nitrogens with zero attached hydrogens (tertiary/aromatic N) is 2. The van der Waals surface area contributed by atoms with Crippen LogP contribution in [0.4, 0.5) is 5.69 Å². The van der Waals surface area contributed by atoms with Gasteiger partial charge in [0.05, 0.1) is 33.0 Å². The van der Waals surface area contributed by atoms with Crippen LogP contribution in [-0.2, 0) is 9.53 Å². The summed E-state index contributed by atoms with van der Waals surface area (Å²) in [6.07, 6.45) is -1.11. The lowest BCUT2D eigenvalue weighted by molar-refractivity contribution is -0.123. The molecule has 9 heteroatoms. The number of esters is 1. The van der Waals surface area contributed by atoms with Gasteiger partial charge in [0.15, 0.2) is 6.10 Å². The molecular formula is C23H17Cl2N3O4. The van der Waals surface area contributed by atoms with Crippen molar-refractivity contribution in [1.82, 2.24) is 10.1 Å². The first kappa shape index (κ1) is 21.8. The fraction of sp³-hybridized carbons (Fsp3) is 0.130. The second-order valence-electron chi connectivity index (χ2n) is 7.03. The highest BCUT2D eigenvalue weighted by atomic mass is 35.5. The molecule has 0 saturated carbocycles. The number of carbonyl (C=O) groups is 2. The minimum atomic E-state index is -1.11. The molecule has 32 heavy (non-hydrogen) atoms. The topological polar surface area (TPSA) is 94.3 Å². The van der Waals surface area contributed by atoms with Gasteiger partial charge in [-0.1, -0.05) is 58.7 Å². The fourth-order valence-corrected chi connectivity index (χ4v) is 3.45. The van der Waals surface area contributed by atoms with Gasteiger partial charge in [0.25, 0.3) is 11.6 Å². The van der Waals surface area contributed by atoms with E-state index in [0.29, 0.717) is 32.5 Å². The van der Waals surface area contributed by atoms with Gasteiger partial charge in [-0.2, -0.15) is 0 Å². The molecule has 4 rings (SSSR count). The molecule has 1 unspecified atom stereocenters. The van der Waals surface area contributed by atoms with Gasteiger partial charge in [-0.05, 0) is 38.1 Å². The number of anilines is 1. The van der Waals surface area contributed by atoms with Gasteiger partial charge < -0.3 is 14.6 Å². The first-order valence-electron chi connectivity index (χ1n) is 9.63. The van der Waals surface area contributed by atoms with E-state index in [-0.39, 0.29) is 11.3 Å². The molecule has 2 aromatic heterocycles. The number of pyridine rings is 1. The normalized spacial score (nSPS) is 11.9. The second kappa shape index (κ2) is 8.98. The Labute approximate surface area is 193 Å². The van der Waals surface area contributed by atoms with Crippen LogP contribution in [0.1, 0.15) is 23.0 Å². The van der Waals surface area contributed by atoms with Crippen molar-refractivity contribution in [2.45, 2.75) is 20.0 Å². The standard InChI is InChI=1S/C23H17Cl2N3O4/c1-12-20-16(11-18(27-22(20)32-28-12)14-6-4-3-5-7-14)23(30)31-13(2)21(29)26-19-10-15(24)8-9-17(19)25/h3-11,13H,1-2H3,(H,26,29). The molecule has 1 atom stereocenters. The van der Waals surface area contributed by atoms with Gasteiger partial charge in [-0.15, -0.1) is 0 Å². The van der Waals surface area contributed by atoms with Gasteiger partial charge in [-0.25, -0.2) is 9.78 Å². The van der Waals surface area contributed by atoms with Crippen molar-refractivity contribution in [3.8, 4) is 11.3 Å². The number of amides is 1. The van der Waals surface area contributed by atoms with Gasteiger partial charge in [-0.3, -0.25) is 4.79 Å². The number of hydrogen-bond acceptors (Lipinski definition) is 6. The molecule has 0 aliphatic carbocycles. The van der Waals surface area contributed by atoms with Crippen LogP contribution in [0.5, 0.6) is 0 Å². The number of carbonyl (C=O) groups excluding carboxylic acids is 2. The lowest BCUT2D eigenvalue weighted by Gasteiger charge is -2.15. The third-order valence-electron chi connectivity index (χ3n) is 4.75. The van der Waals surface area contributed by atoms with Crippen molar-refractivity contribution >= 4 is 51.9 Å². The number of ether oxygens (including phenoxy) is 1. The molecule has 0 spiro atoms. The lowest BCUT2D eigenvalue weighted by Crippen LogP contribution is -2.30. The molecular weight excluding hydrogens is 453 g/mol. The molecule has 0 aliphatic heterocycles. The van der Waals surface area contributed by atoms with E-state index in [9.17, 15) is 9.59 Å². The summed E-state index contributed by atoms with van der Waals surface area (Å²) in [6, 6.07) is 15.6. The number of rotatable bonds is 5. The summed E-state index contributed by atoms with van der Waals surface area (Å²) in [5.74, 6) is -1.26. The molecule has 4 aromatic rings. The third-order valence-corrected chi connectivity index (χ3v) is 5.31. The molecule has 2 aromatic carbocycles. The summed E-state index contributed by atoms with van der Waals surface area (Å²) < 4.78 is 10.7. The van der Waals surface area contributed by atoms with E-state index < -0.39 is 18.0 Å². The number of benzene rings is 2. The highest BCUT2D eigenvalue weighted by molar-refractivity contribution is 6.35. The Morgan fingerprint density at radius 2 is 1.84 bits per heavy atom. The quantitative estimate of drug-likeness (QED) is 0.377. The molecule has 0 saturated heterocycles. The van der Waals surface area contributed by atoms with Crippen molar-refractivity contribution in [1.29, 1.82) is 0 Å². The Hall–Kier alpha value is -3.42. The van der Waals surface area contributed by atoms with Crippen LogP contribution in [-0.4, -0.2) is 28.1 Å². The van der Waals surface area contributed by atoms with Gasteiger partial charge in [0, 0.05) is 10.6 Å². The van der Waals surface area contributed by atoms with Crippen LogP contribution in [0.2, 0.25) is 10.0 Å². The molecule has 0 bridgehead atoms. The maximum Gasteiger partial charge on any atom is 0.339 e. The van der Waals surface area contributed by atoms with Gasteiger partial charge >= 0.3 is 5.97 Å². The predicted octanol–water partition coefficient (Wildman–Crippen LogP) is 5.69. The molecule has 0 radical (unpaired) electrons. The van der Waals surface area contributed by atoms with Crippen molar-refractivity contribution in [2.24, 2.45) is 0 Å². The number of halogens is 2. The van der Waals surface area contributed by atoms with Crippen LogP contribution in [0.25, 0.3) is 22.4 Å². The summed E-state index contributed by atoms with van der Waals surface area (Å²) in [4.78, 5) is 30.1. The number of fused-ring (bicyclic) bond motifs is 1. The van der Waals surface area contributed by atoms with Crippen LogP contribution in [0.15, 0.2) is 59.1 Å². The van der Waals surface area contributed by atoms with Crippen LogP contribution < -0.4 is 5.32 Å². The Kier molecular flexibility index (Phi) is 6.12. The molecule has 0 fully saturated rings. The monoisotopic (exact) mass is 469 g/mol.